The molecule has 0 saturated heterocycles. The van der Waals surface area contributed by atoms with Crippen molar-refractivity contribution in [2.24, 2.45) is 5.41 Å². The van der Waals surface area contributed by atoms with E-state index in [0.29, 0.717) is 0 Å². The Balaban J connectivity index is 1.98. The highest BCUT2D eigenvalue weighted by Gasteiger charge is 2.23. The molecule has 4 heteroatoms. The second-order valence-electron chi connectivity index (χ2n) is 10.3. The molecule has 0 fully saturated rings. The number of thiophene rings is 1. The van der Waals surface area contributed by atoms with Gasteiger partial charge in [-0.25, -0.2) is 9.97 Å². The van der Waals surface area contributed by atoms with Crippen LogP contribution < -0.4 is 5.19 Å². The Labute approximate surface area is 179 Å². The summed E-state index contributed by atoms with van der Waals surface area (Å²) in [6.45, 7) is 16.4. The fourth-order valence-corrected chi connectivity index (χ4v) is 7.19. The van der Waals surface area contributed by atoms with Crippen molar-refractivity contribution in [1.29, 1.82) is 0 Å². The van der Waals surface area contributed by atoms with E-state index in [1.165, 1.54) is 36.7 Å². The average Bonchev–Trinajstić information content (AvgIpc) is 2.94. The van der Waals surface area contributed by atoms with E-state index in [1.807, 2.05) is 11.3 Å². The molecule has 0 bridgehead atoms. The summed E-state index contributed by atoms with van der Waals surface area (Å²) in [6, 6.07) is 13.5. The third kappa shape index (κ3) is 3.88. The van der Waals surface area contributed by atoms with Gasteiger partial charge in [-0.3, -0.25) is 0 Å². The first kappa shape index (κ1) is 20.2. The molecule has 0 radical (unpaired) electrons. The van der Waals surface area contributed by atoms with Crippen LogP contribution in [0.5, 0.6) is 0 Å². The van der Waals surface area contributed by atoms with Crippen molar-refractivity contribution >= 4 is 45.6 Å². The van der Waals surface area contributed by atoms with E-state index < -0.39 is 8.07 Å². The Morgan fingerprint density at radius 1 is 1.00 bits per heavy atom. The Morgan fingerprint density at radius 3 is 2.41 bits per heavy atom. The molecule has 2 aromatic carbocycles. The minimum absolute atomic E-state index is 0.257. The van der Waals surface area contributed by atoms with Gasteiger partial charge in [0.25, 0.3) is 0 Å². The summed E-state index contributed by atoms with van der Waals surface area (Å²) in [5.41, 5.74) is 4.98. The minimum atomic E-state index is -1.51. The molecule has 0 spiro atoms. The Morgan fingerprint density at radius 2 is 1.72 bits per heavy atom. The van der Waals surface area contributed by atoms with Crippen LogP contribution in [0.25, 0.3) is 32.2 Å². The quantitative estimate of drug-likeness (QED) is 0.336. The first-order chi connectivity index (χ1) is 13.5. The summed E-state index contributed by atoms with van der Waals surface area (Å²) in [5, 5.41) is 4.19. The van der Waals surface area contributed by atoms with E-state index in [4.69, 9.17) is 4.98 Å². The van der Waals surface area contributed by atoms with E-state index in [-0.39, 0.29) is 5.41 Å². The summed E-state index contributed by atoms with van der Waals surface area (Å²) in [4.78, 5) is 10.9. The molecule has 0 aliphatic carbocycles. The molecule has 150 valence electrons. The molecular weight excluding hydrogens is 388 g/mol. The van der Waals surface area contributed by atoms with Gasteiger partial charge in [-0.1, -0.05) is 75.9 Å². The minimum Gasteiger partial charge on any atom is -0.235 e. The summed E-state index contributed by atoms with van der Waals surface area (Å²) in [6.07, 6.45) is 2.80. The SMILES string of the molecule is Cc1c(CC(C)(C)C)sc2c(-c3cc([Si](C)(C)C)c4ccccc4c3)ncnc12. The number of nitrogens with zero attached hydrogens (tertiary/aromatic N) is 2. The second kappa shape index (κ2) is 7.03. The van der Waals surface area contributed by atoms with Crippen LogP contribution in [0.3, 0.4) is 0 Å². The van der Waals surface area contributed by atoms with Crippen molar-refractivity contribution in [1.82, 2.24) is 9.97 Å². The molecule has 0 N–H and O–H groups in total. The number of rotatable bonds is 3. The van der Waals surface area contributed by atoms with Crippen LogP contribution in [0, 0.1) is 12.3 Å². The number of aromatic nitrogens is 2. The predicted octanol–water partition coefficient (Wildman–Crippen LogP) is 6.95. The van der Waals surface area contributed by atoms with Crippen molar-refractivity contribution in [3.8, 4) is 11.3 Å². The van der Waals surface area contributed by atoms with Gasteiger partial charge in [0.1, 0.15) is 6.33 Å². The molecule has 2 nitrogen and oxygen atoms in total. The maximum absolute atomic E-state index is 4.77. The number of hydrogen-bond acceptors (Lipinski definition) is 3. The van der Waals surface area contributed by atoms with Crippen molar-refractivity contribution in [2.75, 3.05) is 0 Å². The zero-order valence-corrected chi connectivity index (χ0v) is 20.4. The Kier molecular flexibility index (Phi) is 4.91. The summed E-state index contributed by atoms with van der Waals surface area (Å²) >= 11 is 1.88. The maximum Gasteiger partial charge on any atom is 0.116 e. The van der Waals surface area contributed by atoms with E-state index in [9.17, 15) is 0 Å². The van der Waals surface area contributed by atoms with Crippen LogP contribution in [0.2, 0.25) is 19.6 Å². The molecule has 0 amide bonds. The second-order valence-corrected chi connectivity index (χ2v) is 16.4. The van der Waals surface area contributed by atoms with Crippen LogP contribution in [-0.2, 0) is 6.42 Å². The molecule has 29 heavy (non-hydrogen) atoms. The molecule has 4 rings (SSSR count). The van der Waals surface area contributed by atoms with Crippen LogP contribution >= 0.6 is 11.3 Å². The Bertz CT molecular complexity index is 1210. The van der Waals surface area contributed by atoms with Crippen LogP contribution in [0.15, 0.2) is 42.7 Å². The van der Waals surface area contributed by atoms with Gasteiger partial charge >= 0.3 is 0 Å². The maximum atomic E-state index is 4.77. The van der Waals surface area contributed by atoms with Gasteiger partial charge < -0.3 is 0 Å². The lowest BCUT2D eigenvalue weighted by Gasteiger charge is -2.21. The number of hydrogen-bond donors (Lipinski definition) is 0. The fourth-order valence-electron chi connectivity index (χ4n) is 3.99. The van der Waals surface area contributed by atoms with Gasteiger partial charge in [0.2, 0.25) is 0 Å². The number of benzene rings is 2. The normalized spacial score (nSPS) is 12.8. The molecule has 2 aromatic heterocycles. The van der Waals surface area contributed by atoms with Crippen molar-refractivity contribution in [2.45, 2.75) is 53.8 Å². The number of fused-ring (bicyclic) bond motifs is 2. The molecule has 2 heterocycles. The number of aryl methyl sites for hydroxylation is 1. The highest BCUT2D eigenvalue weighted by atomic mass is 32.1. The van der Waals surface area contributed by atoms with E-state index in [0.717, 1.165) is 17.6 Å². The molecule has 0 aliphatic rings. The zero-order chi connectivity index (χ0) is 21.0. The summed E-state index contributed by atoms with van der Waals surface area (Å²) < 4.78 is 1.22. The van der Waals surface area contributed by atoms with Crippen LogP contribution in [0.4, 0.5) is 0 Å². The lowest BCUT2D eigenvalue weighted by molar-refractivity contribution is 0.414. The summed E-state index contributed by atoms with van der Waals surface area (Å²) in [5.74, 6) is 0. The van der Waals surface area contributed by atoms with Gasteiger partial charge in [-0.15, -0.1) is 11.3 Å². The molecule has 0 unspecified atom stereocenters. The lowest BCUT2D eigenvalue weighted by Crippen LogP contribution is -2.38. The van der Waals surface area contributed by atoms with Gasteiger partial charge in [0, 0.05) is 10.4 Å². The van der Waals surface area contributed by atoms with E-state index in [1.54, 1.807) is 6.33 Å². The summed E-state index contributed by atoms with van der Waals surface area (Å²) in [7, 11) is -1.51. The highest BCUT2D eigenvalue weighted by Crippen LogP contribution is 2.38. The third-order valence-electron chi connectivity index (χ3n) is 5.44. The standard InChI is InChI=1S/C25H30N2SSi/c1-16-20(14-25(2,3)4)28-24-22(16)26-15-27-23(24)18-12-17-10-8-9-11-19(17)21(13-18)29(5,6)7/h8-13,15H,14H2,1-7H3. The molecule has 0 saturated carbocycles. The lowest BCUT2D eigenvalue weighted by atomic mass is 9.90. The van der Waals surface area contributed by atoms with E-state index in [2.05, 4.69) is 88.7 Å². The van der Waals surface area contributed by atoms with Crippen molar-refractivity contribution in [3.05, 3.63) is 53.2 Å². The van der Waals surface area contributed by atoms with Crippen LogP contribution in [0.1, 0.15) is 31.2 Å². The molecular formula is C25H30N2SSi. The monoisotopic (exact) mass is 418 g/mol. The topological polar surface area (TPSA) is 25.8 Å². The van der Waals surface area contributed by atoms with Gasteiger partial charge in [0.15, 0.2) is 0 Å². The molecule has 0 aliphatic heterocycles. The fraction of sp³-hybridized carbons (Fsp3) is 0.360. The predicted molar refractivity (Wildman–Crippen MR) is 131 cm³/mol. The average molecular weight is 419 g/mol. The first-order valence-corrected chi connectivity index (χ1v) is 14.6. The molecule has 0 atom stereocenters. The van der Waals surface area contributed by atoms with Gasteiger partial charge in [-0.05, 0) is 41.2 Å². The van der Waals surface area contributed by atoms with Gasteiger partial charge in [0.05, 0.1) is 24.0 Å². The first-order valence-electron chi connectivity index (χ1n) is 10.3. The van der Waals surface area contributed by atoms with Crippen LogP contribution in [-0.4, -0.2) is 18.0 Å². The smallest absolute Gasteiger partial charge is 0.116 e. The Hall–Kier alpha value is -2.04. The third-order valence-corrected chi connectivity index (χ3v) is 8.75. The highest BCUT2D eigenvalue weighted by molar-refractivity contribution is 7.19. The van der Waals surface area contributed by atoms with Crippen molar-refractivity contribution in [3.63, 3.8) is 0 Å². The van der Waals surface area contributed by atoms with Gasteiger partial charge in [-0.2, -0.15) is 0 Å². The zero-order valence-electron chi connectivity index (χ0n) is 18.6. The molecule has 4 aromatic rings. The van der Waals surface area contributed by atoms with E-state index >= 15 is 0 Å². The van der Waals surface area contributed by atoms with Crippen molar-refractivity contribution < 1.29 is 0 Å². The largest absolute Gasteiger partial charge is 0.235 e.